The van der Waals surface area contributed by atoms with E-state index in [4.69, 9.17) is 4.74 Å². The van der Waals surface area contributed by atoms with Crippen LogP contribution in [-0.4, -0.2) is 47.8 Å². The third kappa shape index (κ3) is 6.55. The standard InChI is InChI=1S/C28H41NO3/c1-20-9-8-11-21(15-20)10-6-7-12-24-25-17-22(16-23(25)18-26(24)30)19-32-14-13-27(31)29(5)28(2,3)4/h7-9,11-12,15-16,23-26,30H,6,10,13-14,17-19H2,1-5H3/t23-,24+,25-,26+/m0/s1. The predicted octanol–water partition coefficient (Wildman–Crippen LogP) is 5.09. The molecule has 0 heterocycles. The molecule has 2 aliphatic carbocycles. The Morgan fingerprint density at radius 2 is 2.09 bits per heavy atom. The van der Waals surface area contributed by atoms with E-state index in [0.717, 1.165) is 25.7 Å². The van der Waals surface area contributed by atoms with Gasteiger partial charge in [-0.2, -0.15) is 0 Å². The Morgan fingerprint density at radius 3 is 2.81 bits per heavy atom. The van der Waals surface area contributed by atoms with Gasteiger partial charge in [-0.25, -0.2) is 0 Å². The number of aryl methyl sites for hydroxylation is 2. The molecule has 0 saturated heterocycles. The van der Waals surface area contributed by atoms with Crippen LogP contribution in [0.1, 0.15) is 57.6 Å². The molecule has 4 nitrogen and oxygen atoms in total. The number of hydrogen-bond acceptors (Lipinski definition) is 3. The van der Waals surface area contributed by atoms with Crippen LogP contribution in [-0.2, 0) is 16.0 Å². The van der Waals surface area contributed by atoms with Gasteiger partial charge in [0.2, 0.25) is 5.91 Å². The Kier molecular flexibility index (Phi) is 8.35. The van der Waals surface area contributed by atoms with Crippen LogP contribution in [0.5, 0.6) is 0 Å². The van der Waals surface area contributed by atoms with Gasteiger partial charge in [0.05, 0.1) is 25.7 Å². The Hall–Kier alpha value is -1.91. The van der Waals surface area contributed by atoms with Gasteiger partial charge in [0.1, 0.15) is 0 Å². The van der Waals surface area contributed by atoms with Crippen molar-refractivity contribution >= 4 is 5.91 Å². The highest BCUT2D eigenvalue weighted by molar-refractivity contribution is 5.76. The van der Waals surface area contributed by atoms with Gasteiger partial charge in [0.25, 0.3) is 0 Å². The number of amides is 1. The number of benzene rings is 1. The molecule has 1 aromatic carbocycles. The summed E-state index contributed by atoms with van der Waals surface area (Å²) < 4.78 is 5.84. The van der Waals surface area contributed by atoms with E-state index >= 15 is 0 Å². The number of carbonyl (C=O) groups excluding carboxylic acids is 1. The Bertz CT molecular complexity index is 835. The molecule has 176 valence electrons. The number of hydrogen-bond donors (Lipinski definition) is 1. The molecule has 0 unspecified atom stereocenters. The minimum atomic E-state index is -0.246. The Balaban J connectivity index is 1.41. The molecule has 1 amide bonds. The molecular weight excluding hydrogens is 398 g/mol. The third-order valence-corrected chi connectivity index (χ3v) is 7.12. The lowest BCUT2D eigenvalue weighted by Crippen LogP contribution is -2.42. The summed E-state index contributed by atoms with van der Waals surface area (Å²) in [4.78, 5) is 14.0. The largest absolute Gasteiger partial charge is 0.392 e. The quantitative estimate of drug-likeness (QED) is 0.431. The number of rotatable bonds is 9. The molecular formula is C28H41NO3. The zero-order valence-corrected chi connectivity index (χ0v) is 20.5. The van der Waals surface area contributed by atoms with Crippen LogP contribution in [0.2, 0.25) is 0 Å². The summed E-state index contributed by atoms with van der Waals surface area (Å²) in [5.74, 6) is 1.28. The molecule has 2 aliphatic rings. The first-order chi connectivity index (χ1) is 15.1. The molecule has 1 aromatic rings. The lowest BCUT2D eigenvalue weighted by atomic mass is 9.89. The van der Waals surface area contributed by atoms with Crippen molar-refractivity contribution in [3.05, 3.63) is 59.2 Å². The number of ether oxygens (including phenoxy) is 1. The van der Waals surface area contributed by atoms with E-state index in [1.165, 1.54) is 16.7 Å². The van der Waals surface area contributed by atoms with Gasteiger partial charge in [-0.15, -0.1) is 0 Å². The first-order valence-corrected chi connectivity index (χ1v) is 12.1. The second-order valence-corrected chi connectivity index (χ2v) is 10.6. The highest BCUT2D eigenvalue weighted by atomic mass is 16.5. The number of aliphatic hydroxyl groups is 1. The van der Waals surface area contributed by atoms with Gasteiger partial charge >= 0.3 is 0 Å². The summed E-state index contributed by atoms with van der Waals surface area (Å²) >= 11 is 0. The molecule has 0 spiro atoms. The molecule has 3 rings (SSSR count). The van der Waals surface area contributed by atoms with Crippen LogP contribution >= 0.6 is 0 Å². The molecule has 0 bridgehead atoms. The van der Waals surface area contributed by atoms with Crippen molar-refractivity contribution in [2.45, 2.75) is 71.4 Å². The number of fused-ring (bicyclic) bond motifs is 1. The highest BCUT2D eigenvalue weighted by Crippen LogP contribution is 2.47. The summed E-state index contributed by atoms with van der Waals surface area (Å²) in [6, 6.07) is 8.68. The topological polar surface area (TPSA) is 49.8 Å². The maximum atomic E-state index is 12.3. The number of allylic oxidation sites excluding steroid dienone is 2. The van der Waals surface area contributed by atoms with E-state index in [-0.39, 0.29) is 23.5 Å². The molecule has 0 aromatic heterocycles. The molecule has 32 heavy (non-hydrogen) atoms. The first-order valence-electron chi connectivity index (χ1n) is 12.1. The second-order valence-electron chi connectivity index (χ2n) is 10.6. The molecule has 1 N–H and O–H groups in total. The molecule has 0 radical (unpaired) electrons. The van der Waals surface area contributed by atoms with E-state index in [2.05, 4.69) is 49.4 Å². The van der Waals surface area contributed by atoms with Crippen molar-refractivity contribution in [2.24, 2.45) is 17.8 Å². The molecule has 1 fully saturated rings. The van der Waals surface area contributed by atoms with Crippen LogP contribution in [0.15, 0.2) is 48.1 Å². The average Bonchev–Trinajstić information content (AvgIpc) is 3.24. The minimum absolute atomic E-state index is 0.119. The number of carbonyl (C=O) groups is 1. The fourth-order valence-electron chi connectivity index (χ4n) is 4.99. The van der Waals surface area contributed by atoms with Gasteiger partial charge in [-0.1, -0.05) is 48.1 Å². The van der Waals surface area contributed by atoms with Crippen LogP contribution in [0, 0.1) is 24.7 Å². The van der Waals surface area contributed by atoms with Crippen molar-refractivity contribution in [2.75, 3.05) is 20.3 Å². The van der Waals surface area contributed by atoms with E-state index < -0.39 is 0 Å². The molecule has 4 heteroatoms. The zero-order chi connectivity index (χ0) is 23.3. The van der Waals surface area contributed by atoms with Crippen molar-refractivity contribution in [3.63, 3.8) is 0 Å². The molecule has 0 aliphatic heterocycles. The monoisotopic (exact) mass is 439 g/mol. The van der Waals surface area contributed by atoms with Crippen LogP contribution in [0.4, 0.5) is 0 Å². The zero-order valence-electron chi connectivity index (χ0n) is 20.5. The van der Waals surface area contributed by atoms with Gasteiger partial charge in [0.15, 0.2) is 0 Å². The summed E-state index contributed by atoms with van der Waals surface area (Å²) in [6.07, 6.45) is 10.9. The van der Waals surface area contributed by atoms with E-state index in [0.29, 0.717) is 31.5 Å². The minimum Gasteiger partial charge on any atom is -0.392 e. The smallest absolute Gasteiger partial charge is 0.225 e. The third-order valence-electron chi connectivity index (χ3n) is 7.12. The second kappa shape index (κ2) is 10.8. The molecule has 1 saturated carbocycles. The average molecular weight is 440 g/mol. The summed E-state index contributed by atoms with van der Waals surface area (Å²) in [7, 11) is 1.85. The number of aliphatic hydroxyl groups excluding tert-OH is 1. The maximum absolute atomic E-state index is 12.3. The summed E-state index contributed by atoms with van der Waals surface area (Å²) in [5.41, 5.74) is 3.83. The lowest BCUT2D eigenvalue weighted by Gasteiger charge is -2.32. The van der Waals surface area contributed by atoms with Gasteiger partial charge < -0.3 is 14.7 Å². The van der Waals surface area contributed by atoms with E-state index in [1.54, 1.807) is 4.90 Å². The van der Waals surface area contributed by atoms with Gasteiger partial charge in [0, 0.05) is 18.5 Å². The summed E-state index contributed by atoms with van der Waals surface area (Å²) in [5, 5.41) is 10.6. The number of nitrogens with zero attached hydrogens (tertiary/aromatic N) is 1. The van der Waals surface area contributed by atoms with Crippen molar-refractivity contribution < 1.29 is 14.6 Å². The van der Waals surface area contributed by atoms with Gasteiger partial charge in [-0.05, 0) is 76.4 Å². The van der Waals surface area contributed by atoms with Crippen molar-refractivity contribution in [1.82, 2.24) is 4.90 Å². The SMILES string of the molecule is Cc1cccc(CCC=C[C@@H]2[C@H]3CC(COCCC(=O)N(C)C(C)(C)C)=C[C@H]3C[C@H]2O)c1. The van der Waals surface area contributed by atoms with Gasteiger partial charge in [-0.3, -0.25) is 4.79 Å². The highest BCUT2D eigenvalue weighted by Gasteiger charge is 2.43. The maximum Gasteiger partial charge on any atom is 0.225 e. The van der Waals surface area contributed by atoms with Crippen LogP contribution in [0.25, 0.3) is 0 Å². The Labute approximate surface area is 194 Å². The van der Waals surface area contributed by atoms with Crippen LogP contribution in [0.3, 0.4) is 0 Å². The lowest BCUT2D eigenvalue weighted by molar-refractivity contribution is -0.135. The Morgan fingerprint density at radius 1 is 1.31 bits per heavy atom. The van der Waals surface area contributed by atoms with Crippen molar-refractivity contribution in [3.8, 4) is 0 Å². The predicted molar refractivity (Wildman–Crippen MR) is 130 cm³/mol. The fourth-order valence-corrected chi connectivity index (χ4v) is 4.99. The first kappa shape index (κ1) is 24.7. The normalized spacial score (nSPS) is 25.2. The van der Waals surface area contributed by atoms with Crippen molar-refractivity contribution in [1.29, 1.82) is 0 Å². The molecule has 4 atom stereocenters. The summed E-state index contributed by atoms with van der Waals surface area (Å²) in [6.45, 7) is 9.29. The van der Waals surface area contributed by atoms with Crippen LogP contribution < -0.4 is 0 Å². The fraction of sp³-hybridized carbons (Fsp3) is 0.607. The van der Waals surface area contributed by atoms with E-state index in [1.807, 2.05) is 27.8 Å². The van der Waals surface area contributed by atoms with E-state index in [9.17, 15) is 9.90 Å².